The highest BCUT2D eigenvalue weighted by Crippen LogP contribution is 2.48. The highest BCUT2D eigenvalue weighted by Gasteiger charge is 2.23. The van der Waals surface area contributed by atoms with Crippen LogP contribution in [0, 0.1) is 0 Å². The van der Waals surface area contributed by atoms with Crippen LogP contribution < -0.4 is 0 Å². The maximum absolute atomic E-state index is 2.46. The van der Waals surface area contributed by atoms with E-state index < -0.39 is 0 Å². The average molecular weight is 518 g/mol. The zero-order chi connectivity index (χ0) is 26.7. The molecule has 0 N–H and O–H groups in total. The van der Waals surface area contributed by atoms with E-state index in [2.05, 4.69) is 144 Å². The van der Waals surface area contributed by atoms with Gasteiger partial charge in [-0.2, -0.15) is 0 Å². The van der Waals surface area contributed by atoms with Gasteiger partial charge in [0.05, 0.1) is 11.0 Å². The molecule has 1 aromatic heterocycles. The van der Waals surface area contributed by atoms with Crippen molar-refractivity contribution in [3.05, 3.63) is 140 Å². The Morgan fingerprint density at radius 1 is 0.317 bits per heavy atom. The van der Waals surface area contributed by atoms with E-state index in [0.717, 1.165) is 0 Å². The molecule has 8 aromatic carbocycles. The zero-order valence-electron chi connectivity index (χ0n) is 22.2. The van der Waals surface area contributed by atoms with Gasteiger partial charge >= 0.3 is 0 Å². The Morgan fingerprint density at radius 2 is 0.976 bits per heavy atom. The Bertz CT molecular complexity index is 2580. The Morgan fingerprint density at radius 3 is 1.88 bits per heavy atom. The molecule has 41 heavy (non-hydrogen) atoms. The molecule has 1 heteroatoms. The minimum absolute atomic E-state index is 1.20. The molecule has 0 atom stereocenters. The van der Waals surface area contributed by atoms with Crippen molar-refractivity contribution in [3.8, 4) is 27.9 Å². The monoisotopic (exact) mass is 517 g/mol. The SMILES string of the molecule is c1cc2c3c(cccc3c1)-c1cc(-n3c4ccccc4c4c5ccc6ccc7ccccc7c6c5ccc43)ccc1-2. The number of benzene rings is 8. The molecule has 188 valence electrons. The molecule has 0 amide bonds. The summed E-state index contributed by atoms with van der Waals surface area (Å²) in [5, 5.41) is 13.1. The summed E-state index contributed by atoms with van der Waals surface area (Å²) in [6.45, 7) is 0. The third-order valence-electron chi connectivity index (χ3n) is 9.29. The van der Waals surface area contributed by atoms with Crippen LogP contribution in [0.3, 0.4) is 0 Å². The topological polar surface area (TPSA) is 4.93 Å². The van der Waals surface area contributed by atoms with E-state index in [1.165, 1.54) is 92.8 Å². The van der Waals surface area contributed by atoms with Gasteiger partial charge < -0.3 is 4.57 Å². The lowest BCUT2D eigenvalue weighted by Gasteiger charge is -2.12. The number of hydrogen-bond acceptors (Lipinski definition) is 0. The van der Waals surface area contributed by atoms with Gasteiger partial charge in [-0.3, -0.25) is 0 Å². The molecule has 0 unspecified atom stereocenters. The lowest BCUT2D eigenvalue weighted by Crippen LogP contribution is -1.94. The van der Waals surface area contributed by atoms with Crippen LogP contribution in [0.25, 0.3) is 92.8 Å². The summed E-state index contributed by atoms with van der Waals surface area (Å²) in [4.78, 5) is 0. The van der Waals surface area contributed by atoms with E-state index in [-0.39, 0.29) is 0 Å². The minimum atomic E-state index is 1.20. The second-order valence-corrected chi connectivity index (χ2v) is 11.3. The first-order chi connectivity index (χ1) is 20.3. The number of para-hydroxylation sites is 1. The van der Waals surface area contributed by atoms with Crippen molar-refractivity contribution in [2.24, 2.45) is 0 Å². The fourth-order valence-corrected chi connectivity index (χ4v) is 7.58. The maximum atomic E-state index is 2.46. The number of aromatic nitrogens is 1. The predicted octanol–water partition coefficient (Wildman–Crippen LogP) is 11.0. The molecule has 1 heterocycles. The smallest absolute Gasteiger partial charge is 0.0547 e. The Balaban J connectivity index is 1.31. The van der Waals surface area contributed by atoms with Gasteiger partial charge in [0.25, 0.3) is 0 Å². The van der Waals surface area contributed by atoms with Gasteiger partial charge in [0.1, 0.15) is 0 Å². The van der Waals surface area contributed by atoms with Crippen LogP contribution >= 0.6 is 0 Å². The van der Waals surface area contributed by atoms with Gasteiger partial charge in [0, 0.05) is 16.5 Å². The van der Waals surface area contributed by atoms with Crippen LogP contribution in [-0.4, -0.2) is 4.57 Å². The van der Waals surface area contributed by atoms with E-state index in [1.54, 1.807) is 0 Å². The van der Waals surface area contributed by atoms with E-state index >= 15 is 0 Å². The molecule has 0 radical (unpaired) electrons. The van der Waals surface area contributed by atoms with Crippen molar-refractivity contribution < 1.29 is 0 Å². The molecule has 9 aromatic rings. The number of hydrogen-bond donors (Lipinski definition) is 0. The Kier molecular flexibility index (Phi) is 3.98. The number of fused-ring (bicyclic) bond motifs is 12. The van der Waals surface area contributed by atoms with Crippen LogP contribution in [0.15, 0.2) is 140 Å². The van der Waals surface area contributed by atoms with Gasteiger partial charge in [0.15, 0.2) is 0 Å². The summed E-state index contributed by atoms with van der Waals surface area (Å²) in [7, 11) is 0. The predicted molar refractivity (Wildman–Crippen MR) is 175 cm³/mol. The summed E-state index contributed by atoms with van der Waals surface area (Å²) in [5.41, 5.74) is 8.99. The highest BCUT2D eigenvalue weighted by molar-refractivity contribution is 6.29. The van der Waals surface area contributed by atoms with Crippen LogP contribution in [-0.2, 0) is 0 Å². The molecule has 1 nitrogen and oxygen atoms in total. The van der Waals surface area contributed by atoms with Crippen molar-refractivity contribution in [2.45, 2.75) is 0 Å². The molecule has 0 spiro atoms. The van der Waals surface area contributed by atoms with E-state index in [9.17, 15) is 0 Å². The standard InChI is InChI=1S/C40H23N/c1-2-10-28-24(7-1)15-16-26-17-19-33-32(38(26)28)21-22-37-40(33)34-11-3-4-14-36(34)41(37)27-18-20-29-30-12-5-8-25-9-6-13-31(39(25)30)35(29)23-27/h1-23H. The lowest BCUT2D eigenvalue weighted by atomic mass is 9.94. The van der Waals surface area contributed by atoms with Crippen LogP contribution in [0.1, 0.15) is 0 Å². The first-order valence-electron chi connectivity index (χ1n) is 14.3. The van der Waals surface area contributed by atoms with E-state index in [1.807, 2.05) is 0 Å². The van der Waals surface area contributed by atoms with Crippen LogP contribution in [0.2, 0.25) is 0 Å². The average Bonchev–Trinajstić information content (AvgIpc) is 3.54. The van der Waals surface area contributed by atoms with Crippen molar-refractivity contribution >= 4 is 64.9 Å². The molecule has 0 fully saturated rings. The molecule has 10 rings (SSSR count). The molecule has 0 bridgehead atoms. The number of rotatable bonds is 1. The summed E-state index contributed by atoms with van der Waals surface area (Å²) < 4.78 is 2.46. The van der Waals surface area contributed by atoms with Crippen molar-refractivity contribution in [3.63, 3.8) is 0 Å². The molecule has 1 aliphatic rings. The minimum Gasteiger partial charge on any atom is -0.309 e. The summed E-state index contributed by atoms with van der Waals surface area (Å²) in [5.74, 6) is 0. The molecule has 0 saturated carbocycles. The van der Waals surface area contributed by atoms with Gasteiger partial charge in [0.2, 0.25) is 0 Å². The Labute approximate surface area is 236 Å². The molecular weight excluding hydrogens is 494 g/mol. The fraction of sp³-hybridized carbons (Fsp3) is 0. The summed E-state index contributed by atoms with van der Waals surface area (Å²) in [6, 6.07) is 51.8. The van der Waals surface area contributed by atoms with Crippen LogP contribution in [0.5, 0.6) is 0 Å². The van der Waals surface area contributed by atoms with Gasteiger partial charge in [-0.25, -0.2) is 0 Å². The van der Waals surface area contributed by atoms with Gasteiger partial charge in [-0.05, 0) is 89.6 Å². The highest BCUT2D eigenvalue weighted by atomic mass is 15.0. The van der Waals surface area contributed by atoms with E-state index in [0.29, 0.717) is 0 Å². The van der Waals surface area contributed by atoms with Crippen molar-refractivity contribution in [1.82, 2.24) is 4.57 Å². The second kappa shape index (κ2) is 7.62. The third kappa shape index (κ3) is 2.70. The number of nitrogens with zero attached hydrogens (tertiary/aromatic N) is 1. The van der Waals surface area contributed by atoms with Crippen molar-refractivity contribution in [1.29, 1.82) is 0 Å². The third-order valence-corrected chi connectivity index (χ3v) is 9.29. The maximum Gasteiger partial charge on any atom is 0.0547 e. The van der Waals surface area contributed by atoms with Gasteiger partial charge in [-0.1, -0.05) is 115 Å². The zero-order valence-corrected chi connectivity index (χ0v) is 22.2. The van der Waals surface area contributed by atoms with Crippen LogP contribution in [0.4, 0.5) is 0 Å². The first kappa shape index (κ1) is 21.4. The van der Waals surface area contributed by atoms with Gasteiger partial charge in [-0.15, -0.1) is 0 Å². The van der Waals surface area contributed by atoms with E-state index in [4.69, 9.17) is 0 Å². The van der Waals surface area contributed by atoms with Crippen molar-refractivity contribution in [2.75, 3.05) is 0 Å². The Hall–Kier alpha value is -5.40. The molecule has 1 aliphatic carbocycles. The normalized spacial score (nSPS) is 12.4. The summed E-state index contributed by atoms with van der Waals surface area (Å²) >= 11 is 0. The lowest BCUT2D eigenvalue weighted by molar-refractivity contribution is 1.18. The first-order valence-corrected chi connectivity index (χ1v) is 14.3. The summed E-state index contributed by atoms with van der Waals surface area (Å²) in [6.07, 6.45) is 0. The molecular formula is C40H23N. The second-order valence-electron chi connectivity index (χ2n) is 11.3. The molecule has 0 saturated heterocycles. The fourth-order valence-electron chi connectivity index (χ4n) is 7.58. The molecule has 0 aliphatic heterocycles. The quantitative estimate of drug-likeness (QED) is 0.191. The largest absolute Gasteiger partial charge is 0.309 e.